The number of aromatic nitrogens is 2. The summed E-state index contributed by atoms with van der Waals surface area (Å²) < 4.78 is 1.30. The zero-order valence-electron chi connectivity index (χ0n) is 16.3. The van der Waals surface area contributed by atoms with Crippen LogP contribution in [-0.4, -0.2) is 39.5 Å². The first kappa shape index (κ1) is 20.6. The van der Waals surface area contributed by atoms with E-state index in [1.807, 2.05) is 37.3 Å². The molecule has 0 spiro atoms. The fourth-order valence-electron chi connectivity index (χ4n) is 3.18. The number of aromatic amines is 1. The van der Waals surface area contributed by atoms with Crippen LogP contribution < -0.4 is 5.56 Å². The van der Waals surface area contributed by atoms with E-state index in [1.54, 1.807) is 24.3 Å². The number of halogens is 1. The lowest BCUT2D eigenvalue weighted by Gasteiger charge is -2.19. The van der Waals surface area contributed by atoms with Crippen LogP contribution in [-0.2, 0) is 4.79 Å². The molecule has 0 radical (unpaired) electrons. The quantitative estimate of drug-likeness (QED) is 0.598. The zero-order chi connectivity index (χ0) is 21.0. The Hall–Kier alpha value is -3.12. The van der Waals surface area contributed by atoms with Gasteiger partial charge in [0, 0.05) is 24.1 Å². The number of nitrogens with zero attached hydrogens (tertiary/aromatic N) is 2. The minimum atomic E-state index is -0.476. The van der Waals surface area contributed by atoms with E-state index in [1.165, 1.54) is 16.5 Å². The van der Waals surface area contributed by atoms with E-state index in [9.17, 15) is 14.4 Å². The van der Waals surface area contributed by atoms with Gasteiger partial charge in [-0.25, -0.2) is 4.68 Å². The molecule has 0 saturated carbocycles. The van der Waals surface area contributed by atoms with Gasteiger partial charge in [0.1, 0.15) is 5.56 Å². The first-order valence-electron chi connectivity index (χ1n) is 9.37. The third kappa shape index (κ3) is 4.49. The van der Waals surface area contributed by atoms with Crippen molar-refractivity contribution in [2.24, 2.45) is 0 Å². The fraction of sp³-hybridized carbons (Fsp3) is 0.227. The molecule has 6 nitrogen and oxygen atoms in total. The van der Waals surface area contributed by atoms with E-state index in [2.05, 4.69) is 5.10 Å². The molecular formula is C22H22ClN3O3. The average Bonchev–Trinajstić information content (AvgIpc) is 3.05. The second-order valence-corrected chi connectivity index (χ2v) is 7.15. The Labute approximate surface area is 173 Å². The number of Topliss-reactive ketones (excluding diaryl/α,β-unsaturated/α-hetero) is 1. The second-order valence-electron chi connectivity index (χ2n) is 6.71. The first-order chi connectivity index (χ1) is 13.9. The molecule has 3 rings (SSSR count). The van der Waals surface area contributed by atoms with E-state index >= 15 is 0 Å². The first-order valence-corrected chi connectivity index (χ1v) is 9.75. The molecule has 0 bridgehead atoms. The number of amides is 1. The molecule has 0 fully saturated rings. The minimum absolute atomic E-state index is 0.0264. The molecule has 1 heterocycles. The highest BCUT2D eigenvalue weighted by atomic mass is 35.5. The van der Waals surface area contributed by atoms with Crippen molar-refractivity contribution in [1.82, 2.24) is 14.7 Å². The van der Waals surface area contributed by atoms with Gasteiger partial charge >= 0.3 is 0 Å². The van der Waals surface area contributed by atoms with E-state index in [-0.39, 0.29) is 18.0 Å². The lowest BCUT2D eigenvalue weighted by atomic mass is 10.0. The van der Waals surface area contributed by atoms with Gasteiger partial charge in [-0.15, -0.1) is 0 Å². The second kappa shape index (κ2) is 8.92. The molecule has 2 aromatic carbocycles. The van der Waals surface area contributed by atoms with Crippen LogP contribution in [0.3, 0.4) is 0 Å². The van der Waals surface area contributed by atoms with Crippen LogP contribution in [0.4, 0.5) is 0 Å². The van der Waals surface area contributed by atoms with Crippen molar-refractivity contribution in [3.63, 3.8) is 0 Å². The standard InChI is InChI=1S/C22H22ClN3O3/c1-3-12-25(15(2)27)14-19(28)20-21(16-8-5-4-6-9-16)24-26(22(20)29)18-11-7-10-17(23)13-18/h4-11,13,24H,3,12,14H2,1-2H3. The van der Waals surface area contributed by atoms with Gasteiger partial charge in [0.2, 0.25) is 5.91 Å². The third-order valence-corrected chi connectivity index (χ3v) is 4.81. The molecular weight excluding hydrogens is 390 g/mol. The van der Waals surface area contributed by atoms with E-state index in [0.29, 0.717) is 28.5 Å². The molecule has 1 N–H and O–H groups in total. The maximum absolute atomic E-state index is 13.2. The van der Waals surface area contributed by atoms with Crippen LogP contribution >= 0.6 is 11.6 Å². The Kier molecular flexibility index (Phi) is 6.34. The maximum atomic E-state index is 13.2. The van der Waals surface area contributed by atoms with E-state index in [4.69, 9.17) is 11.6 Å². The zero-order valence-corrected chi connectivity index (χ0v) is 17.1. The van der Waals surface area contributed by atoms with Gasteiger partial charge in [-0.1, -0.05) is 54.9 Å². The summed E-state index contributed by atoms with van der Waals surface area (Å²) in [6.45, 7) is 3.65. The van der Waals surface area contributed by atoms with Crippen molar-refractivity contribution in [1.29, 1.82) is 0 Å². The largest absolute Gasteiger partial charge is 0.335 e. The molecule has 0 saturated heterocycles. The predicted octanol–water partition coefficient (Wildman–Crippen LogP) is 3.93. The van der Waals surface area contributed by atoms with Gasteiger partial charge in [-0.2, -0.15) is 0 Å². The Morgan fingerprint density at radius 1 is 1.10 bits per heavy atom. The Bertz CT molecular complexity index is 1090. The highest BCUT2D eigenvalue weighted by Crippen LogP contribution is 2.22. The SMILES string of the molecule is CCCN(CC(=O)c1c(-c2ccccc2)[nH]n(-c2cccc(Cl)c2)c1=O)C(C)=O. The molecule has 150 valence electrons. The lowest BCUT2D eigenvalue weighted by Crippen LogP contribution is -2.36. The van der Waals surface area contributed by atoms with Gasteiger partial charge < -0.3 is 4.90 Å². The Morgan fingerprint density at radius 3 is 2.45 bits per heavy atom. The molecule has 0 aliphatic heterocycles. The summed E-state index contributed by atoms with van der Waals surface area (Å²) in [7, 11) is 0. The highest BCUT2D eigenvalue weighted by Gasteiger charge is 2.25. The van der Waals surface area contributed by atoms with Crippen molar-refractivity contribution < 1.29 is 9.59 Å². The van der Waals surface area contributed by atoms with Gasteiger partial charge in [-0.05, 0) is 24.6 Å². The normalized spacial score (nSPS) is 10.7. The lowest BCUT2D eigenvalue weighted by molar-refractivity contribution is -0.128. The van der Waals surface area contributed by atoms with Crippen molar-refractivity contribution >= 4 is 23.3 Å². The molecule has 0 aliphatic rings. The number of nitrogens with one attached hydrogen (secondary N) is 1. The van der Waals surface area contributed by atoms with Crippen LogP contribution in [0, 0.1) is 0 Å². The summed E-state index contributed by atoms with van der Waals surface area (Å²) in [5, 5.41) is 3.52. The third-order valence-electron chi connectivity index (χ3n) is 4.57. The number of ketones is 1. The number of carbonyl (C=O) groups is 2. The summed E-state index contributed by atoms with van der Waals surface area (Å²) in [6, 6.07) is 16.0. The molecule has 0 atom stereocenters. The van der Waals surface area contributed by atoms with Crippen LogP contribution in [0.25, 0.3) is 16.9 Å². The monoisotopic (exact) mass is 411 g/mol. The maximum Gasteiger partial charge on any atom is 0.282 e. The predicted molar refractivity (Wildman–Crippen MR) is 114 cm³/mol. The van der Waals surface area contributed by atoms with E-state index in [0.717, 1.165) is 6.42 Å². The van der Waals surface area contributed by atoms with Gasteiger partial charge in [0.15, 0.2) is 5.78 Å². The van der Waals surface area contributed by atoms with Gasteiger partial charge in [-0.3, -0.25) is 19.5 Å². The van der Waals surface area contributed by atoms with Crippen LogP contribution in [0.5, 0.6) is 0 Å². The van der Waals surface area contributed by atoms with Gasteiger partial charge in [0.05, 0.1) is 17.9 Å². The average molecular weight is 412 g/mol. The summed E-state index contributed by atoms with van der Waals surface area (Å²) in [5.41, 5.74) is 1.20. The van der Waals surface area contributed by atoms with Crippen molar-refractivity contribution in [2.45, 2.75) is 20.3 Å². The van der Waals surface area contributed by atoms with Crippen molar-refractivity contribution in [3.8, 4) is 16.9 Å². The van der Waals surface area contributed by atoms with Crippen LogP contribution in [0.15, 0.2) is 59.4 Å². The highest BCUT2D eigenvalue weighted by molar-refractivity contribution is 6.30. The van der Waals surface area contributed by atoms with Crippen molar-refractivity contribution in [3.05, 3.63) is 75.5 Å². The summed E-state index contributed by atoms with van der Waals surface area (Å²) in [4.78, 5) is 39.6. The summed E-state index contributed by atoms with van der Waals surface area (Å²) in [6.07, 6.45) is 0.721. The number of rotatable bonds is 7. The number of hydrogen-bond acceptors (Lipinski definition) is 3. The smallest absolute Gasteiger partial charge is 0.282 e. The summed E-state index contributed by atoms with van der Waals surface area (Å²) >= 11 is 6.07. The molecule has 3 aromatic rings. The molecule has 1 amide bonds. The number of carbonyl (C=O) groups excluding carboxylic acids is 2. The Balaban J connectivity index is 2.13. The molecule has 0 unspecified atom stereocenters. The van der Waals surface area contributed by atoms with Crippen molar-refractivity contribution in [2.75, 3.05) is 13.1 Å². The fourth-order valence-corrected chi connectivity index (χ4v) is 3.36. The van der Waals surface area contributed by atoms with E-state index < -0.39 is 11.3 Å². The van der Waals surface area contributed by atoms with Crippen LogP contribution in [0.1, 0.15) is 30.6 Å². The molecule has 29 heavy (non-hydrogen) atoms. The topological polar surface area (TPSA) is 75.2 Å². The minimum Gasteiger partial charge on any atom is -0.335 e. The van der Waals surface area contributed by atoms with Crippen LogP contribution in [0.2, 0.25) is 5.02 Å². The molecule has 0 aliphatic carbocycles. The Morgan fingerprint density at radius 2 is 1.83 bits per heavy atom. The summed E-state index contributed by atoms with van der Waals surface area (Å²) in [5.74, 6) is -0.610. The number of hydrogen-bond donors (Lipinski definition) is 1. The molecule has 7 heteroatoms. The van der Waals surface area contributed by atoms with Gasteiger partial charge in [0.25, 0.3) is 5.56 Å². The number of H-pyrrole nitrogens is 1. The number of benzene rings is 2. The molecule has 1 aromatic heterocycles.